The molecule has 0 amide bonds. The first-order chi connectivity index (χ1) is 9.34. The summed E-state index contributed by atoms with van der Waals surface area (Å²) in [5, 5.41) is 3.50. The van der Waals surface area contributed by atoms with Crippen LogP contribution >= 0.6 is 0 Å². The van der Waals surface area contributed by atoms with Crippen LogP contribution in [-0.2, 0) is 12.7 Å². The van der Waals surface area contributed by atoms with Crippen molar-refractivity contribution in [3.8, 4) is 0 Å². The van der Waals surface area contributed by atoms with E-state index in [1.54, 1.807) is 12.1 Å². The minimum atomic E-state index is -4.25. The highest BCUT2D eigenvalue weighted by Crippen LogP contribution is 2.29. The van der Waals surface area contributed by atoms with E-state index in [1.807, 2.05) is 0 Å². The van der Waals surface area contributed by atoms with Crippen LogP contribution in [0.3, 0.4) is 0 Å². The SMILES string of the molecule is CC(C)NC1CCN(Cc2ccc(C(F)(F)F)cc2)C1. The molecule has 0 bridgehead atoms. The number of alkyl halides is 3. The Balaban J connectivity index is 1.88. The van der Waals surface area contributed by atoms with Crippen molar-refractivity contribution in [2.75, 3.05) is 13.1 Å². The molecule has 1 heterocycles. The van der Waals surface area contributed by atoms with E-state index in [1.165, 1.54) is 0 Å². The number of nitrogens with zero attached hydrogens (tertiary/aromatic N) is 1. The smallest absolute Gasteiger partial charge is 0.310 e. The zero-order chi connectivity index (χ0) is 14.8. The number of hydrogen-bond acceptors (Lipinski definition) is 2. The summed E-state index contributed by atoms with van der Waals surface area (Å²) >= 11 is 0. The lowest BCUT2D eigenvalue weighted by Gasteiger charge is -2.18. The van der Waals surface area contributed by atoms with E-state index in [2.05, 4.69) is 24.1 Å². The third-order valence-corrected chi connectivity index (χ3v) is 3.53. The van der Waals surface area contributed by atoms with Gasteiger partial charge in [0, 0.05) is 31.7 Å². The average Bonchev–Trinajstić information content (AvgIpc) is 2.75. The Hall–Kier alpha value is -1.07. The fourth-order valence-electron chi connectivity index (χ4n) is 2.64. The molecule has 0 aliphatic carbocycles. The normalized spacial score (nSPS) is 20.8. The van der Waals surface area contributed by atoms with Crippen LogP contribution in [0.25, 0.3) is 0 Å². The number of benzene rings is 1. The molecule has 0 spiro atoms. The second-order valence-electron chi connectivity index (χ2n) is 5.74. The quantitative estimate of drug-likeness (QED) is 0.914. The minimum Gasteiger partial charge on any atom is -0.310 e. The second-order valence-corrected chi connectivity index (χ2v) is 5.74. The molecule has 2 nitrogen and oxygen atoms in total. The monoisotopic (exact) mass is 286 g/mol. The first-order valence-electron chi connectivity index (χ1n) is 6.99. The molecular formula is C15H21F3N2. The highest BCUT2D eigenvalue weighted by Gasteiger charge is 2.30. The molecule has 1 aromatic carbocycles. The predicted molar refractivity (Wildman–Crippen MR) is 73.4 cm³/mol. The van der Waals surface area contributed by atoms with Crippen LogP contribution in [0.15, 0.2) is 24.3 Å². The minimum absolute atomic E-state index is 0.464. The lowest BCUT2D eigenvalue weighted by atomic mass is 10.1. The summed E-state index contributed by atoms with van der Waals surface area (Å²) in [6, 6.07) is 6.43. The summed E-state index contributed by atoms with van der Waals surface area (Å²) in [5.74, 6) is 0. The summed E-state index contributed by atoms with van der Waals surface area (Å²) in [6.07, 6.45) is -3.16. The third-order valence-electron chi connectivity index (χ3n) is 3.53. The van der Waals surface area contributed by atoms with E-state index in [0.717, 1.165) is 37.2 Å². The number of nitrogens with one attached hydrogen (secondary N) is 1. The third kappa shape index (κ3) is 4.21. The van der Waals surface area contributed by atoms with Crippen molar-refractivity contribution in [1.82, 2.24) is 10.2 Å². The molecule has 112 valence electrons. The van der Waals surface area contributed by atoms with Gasteiger partial charge in [-0.15, -0.1) is 0 Å². The molecule has 20 heavy (non-hydrogen) atoms. The highest BCUT2D eigenvalue weighted by molar-refractivity contribution is 5.24. The van der Waals surface area contributed by atoms with Crippen LogP contribution in [0.4, 0.5) is 13.2 Å². The van der Waals surface area contributed by atoms with Crippen molar-refractivity contribution < 1.29 is 13.2 Å². The van der Waals surface area contributed by atoms with E-state index in [4.69, 9.17) is 0 Å². The van der Waals surface area contributed by atoms with Gasteiger partial charge in [0.2, 0.25) is 0 Å². The van der Waals surface area contributed by atoms with E-state index < -0.39 is 11.7 Å². The van der Waals surface area contributed by atoms with Gasteiger partial charge in [0.1, 0.15) is 0 Å². The topological polar surface area (TPSA) is 15.3 Å². The Morgan fingerprint density at radius 1 is 1.25 bits per heavy atom. The second kappa shape index (κ2) is 6.14. The van der Waals surface area contributed by atoms with Gasteiger partial charge in [-0.25, -0.2) is 0 Å². The lowest BCUT2D eigenvalue weighted by molar-refractivity contribution is -0.137. The Kier molecular flexibility index (Phi) is 4.70. The molecule has 0 saturated carbocycles. The molecule has 0 radical (unpaired) electrons. The number of halogens is 3. The first kappa shape index (κ1) is 15.3. The fraction of sp³-hybridized carbons (Fsp3) is 0.600. The average molecular weight is 286 g/mol. The molecule has 1 N–H and O–H groups in total. The van der Waals surface area contributed by atoms with Gasteiger partial charge in [0.15, 0.2) is 0 Å². The van der Waals surface area contributed by atoms with E-state index in [0.29, 0.717) is 18.6 Å². The number of rotatable bonds is 4. The Labute approximate surface area is 118 Å². The maximum atomic E-state index is 12.5. The summed E-state index contributed by atoms with van der Waals surface area (Å²) < 4.78 is 37.4. The van der Waals surface area contributed by atoms with E-state index in [9.17, 15) is 13.2 Å². The molecule has 1 unspecified atom stereocenters. The van der Waals surface area contributed by atoms with Crippen molar-refractivity contribution in [1.29, 1.82) is 0 Å². The van der Waals surface area contributed by atoms with E-state index in [-0.39, 0.29) is 0 Å². The summed E-state index contributed by atoms with van der Waals surface area (Å²) in [7, 11) is 0. The Bertz CT molecular complexity index is 426. The van der Waals surface area contributed by atoms with Crippen LogP contribution in [-0.4, -0.2) is 30.1 Å². The van der Waals surface area contributed by atoms with Gasteiger partial charge < -0.3 is 5.32 Å². The molecule has 1 aliphatic rings. The van der Waals surface area contributed by atoms with Gasteiger partial charge in [-0.2, -0.15) is 13.2 Å². The Morgan fingerprint density at radius 3 is 2.45 bits per heavy atom. The maximum Gasteiger partial charge on any atom is 0.416 e. The van der Waals surface area contributed by atoms with Crippen LogP contribution in [0.2, 0.25) is 0 Å². The molecular weight excluding hydrogens is 265 g/mol. The molecule has 1 aliphatic heterocycles. The van der Waals surface area contributed by atoms with Crippen molar-refractivity contribution in [3.63, 3.8) is 0 Å². The molecule has 0 aromatic heterocycles. The van der Waals surface area contributed by atoms with Crippen LogP contribution in [0, 0.1) is 0 Å². The first-order valence-corrected chi connectivity index (χ1v) is 6.99. The van der Waals surface area contributed by atoms with Gasteiger partial charge in [-0.3, -0.25) is 4.90 Å². The largest absolute Gasteiger partial charge is 0.416 e. The van der Waals surface area contributed by atoms with Gasteiger partial charge in [0.25, 0.3) is 0 Å². The Morgan fingerprint density at radius 2 is 1.90 bits per heavy atom. The summed E-state index contributed by atoms with van der Waals surface area (Å²) in [6.45, 7) is 6.91. The summed E-state index contributed by atoms with van der Waals surface area (Å²) in [5.41, 5.74) is 0.352. The zero-order valence-electron chi connectivity index (χ0n) is 11.9. The molecule has 5 heteroatoms. The molecule has 1 aromatic rings. The van der Waals surface area contributed by atoms with Crippen molar-refractivity contribution in [2.45, 2.75) is 45.1 Å². The van der Waals surface area contributed by atoms with Gasteiger partial charge in [0.05, 0.1) is 5.56 Å². The van der Waals surface area contributed by atoms with E-state index >= 15 is 0 Å². The van der Waals surface area contributed by atoms with Crippen LogP contribution in [0.1, 0.15) is 31.4 Å². The van der Waals surface area contributed by atoms with Crippen molar-refractivity contribution >= 4 is 0 Å². The van der Waals surface area contributed by atoms with Crippen LogP contribution < -0.4 is 5.32 Å². The lowest BCUT2D eigenvalue weighted by Crippen LogP contribution is -2.36. The van der Waals surface area contributed by atoms with Crippen molar-refractivity contribution in [2.24, 2.45) is 0 Å². The molecule has 1 fully saturated rings. The molecule has 2 rings (SSSR count). The summed E-state index contributed by atoms with van der Waals surface area (Å²) in [4.78, 5) is 2.28. The highest BCUT2D eigenvalue weighted by atomic mass is 19.4. The standard InChI is InChI=1S/C15H21F3N2/c1-11(2)19-14-7-8-20(10-14)9-12-3-5-13(6-4-12)15(16,17)18/h3-6,11,14,19H,7-10H2,1-2H3. The maximum absolute atomic E-state index is 12.5. The van der Waals surface area contributed by atoms with Gasteiger partial charge in [-0.1, -0.05) is 26.0 Å². The number of hydrogen-bond donors (Lipinski definition) is 1. The predicted octanol–water partition coefficient (Wildman–Crippen LogP) is 3.28. The zero-order valence-corrected chi connectivity index (χ0v) is 11.9. The van der Waals surface area contributed by atoms with Gasteiger partial charge in [-0.05, 0) is 24.1 Å². The van der Waals surface area contributed by atoms with Crippen molar-refractivity contribution in [3.05, 3.63) is 35.4 Å². The number of likely N-dealkylation sites (tertiary alicyclic amines) is 1. The van der Waals surface area contributed by atoms with Gasteiger partial charge >= 0.3 is 6.18 Å². The molecule has 1 atom stereocenters. The molecule has 1 saturated heterocycles. The van der Waals surface area contributed by atoms with Crippen LogP contribution in [0.5, 0.6) is 0 Å². The fourth-order valence-corrected chi connectivity index (χ4v) is 2.64.